The summed E-state index contributed by atoms with van der Waals surface area (Å²) in [5, 5.41) is 0. The second-order valence-corrected chi connectivity index (χ2v) is 4.91. The molecule has 2 aliphatic rings. The first-order valence-corrected chi connectivity index (χ1v) is 6.26. The zero-order chi connectivity index (χ0) is 12.5. The number of rotatable bonds is 5. The Morgan fingerprint density at radius 1 is 1.18 bits per heavy atom. The molecule has 100 valence electrons. The highest BCUT2D eigenvalue weighted by Crippen LogP contribution is 2.39. The van der Waals surface area contributed by atoms with E-state index in [9.17, 15) is 0 Å². The molecule has 0 N–H and O–H groups in total. The van der Waals surface area contributed by atoms with Gasteiger partial charge in [-0.1, -0.05) is 0 Å². The fraction of sp³-hybridized carbons (Fsp3) is 1.00. The maximum Gasteiger partial charge on any atom is 0.230 e. The van der Waals surface area contributed by atoms with Gasteiger partial charge in [-0.3, -0.25) is 0 Å². The van der Waals surface area contributed by atoms with E-state index in [0.717, 1.165) is 25.9 Å². The number of nitrogens with zero attached hydrogens (tertiary/aromatic N) is 1. The summed E-state index contributed by atoms with van der Waals surface area (Å²) in [4.78, 5) is 2.28. The monoisotopic (exact) mass is 245 g/mol. The fourth-order valence-corrected chi connectivity index (χ4v) is 2.76. The molecular formula is C12H23NO4. The third-order valence-corrected chi connectivity index (χ3v) is 3.43. The Hall–Kier alpha value is -0.200. The zero-order valence-electron chi connectivity index (χ0n) is 11.1. The Bertz CT molecular complexity index is 243. The lowest BCUT2D eigenvalue weighted by atomic mass is 10.2. The van der Waals surface area contributed by atoms with E-state index in [1.165, 1.54) is 0 Å². The van der Waals surface area contributed by atoms with Crippen LogP contribution in [0.15, 0.2) is 0 Å². The Morgan fingerprint density at radius 2 is 1.71 bits per heavy atom. The summed E-state index contributed by atoms with van der Waals surface area (Å²) in [6.07, 6.45) is 1.80. The Morgan fingerprint density at radius 3 is 2.18 bits per heavy atom. The predicted molar refractivity (Wildman–Crippen MR) is 62.4 cm³/mol. The van der Waals surface area contributed by atoms with Crippen LogP contribution < -0.4 is 0 Å². The van der Waals surface area contributed by atoms with Crippen LogP contribution in [0.25, 0.3) is 0 Å². The van der Waals surface area contributed by atoms with Crippen LogP contribution in [0.2, 0.25) is 0 Å². The van der Waals surface area contributed by atoms with Crippen LogP contribution >= 0.6 is 0 Å². The second-order valence-electron chi connectivity index (χ2n) is 4.91. The first kappa shape index (κ1) is 13.2. The van der Waals surface area contributed by atoms with Crippen molar-refractivity contribution in [2.75, 3.05) is 27.3 Å². The smallest absolute Gasteiger partial charge is 0.230 e. The molecule has 2 saturated heterocycles. The summed E-state index contributed by atoms with van der Waals surface area (Å²) >= 11 is 0. The number of methoxy groups -OCH3 is 2. The van der Waals surface area contributed by atoms with Crippen molar-refractivity contribution in [1.82, 2.24) is 4.90 Å². The molecule has 2 atom stereocenters. The molecule has 2 fully saturated rings. The lowest BCUT2D eigenvalue weighted by Crippen LogP contribution is -2.41. The van der Waals surface area contributed by atoms with Crippen LogP contribution in [0.1, 0.15) is 26.7 Å². The SMILES string of the molecule is COC(CCC12OC(C)CN1CC(C)O2)OC. The lowest BCUT2D eigenvalue weighted by molar-refractivity contribution is -0.264. The van der Waals surface area contributed by atoms with Gasteiger partial charge in [0, 0.05) is 40.2 Å². The second kappa shape index (κ2) is 5.20. The average Bonchev–Trinajstić information content (AvgIpc) is 2.70. The normalized spacial score (nSPS) is 37.9. The largest absolute Gasteiger partial charge is 0.356 e. The van der Waals surface area contributed by atoms with Crippen LogP contribution in [0.4, 0.5) is 0 Å². The van der Waals surface area contributed by atoms with E-state index in [0.29, 0.717) is 0 Å². The molecule has 0 aromatic heterocycles. The summed E-state index contributed by atoms with van der Waals surface area (Å²) in [6, 6.07) is 0. The summed E-state index contributed by atoms with van der Waals surface area (Å²) in [5.74, 6) is -0.547. The van der Waals surface area contributed by atoms with Gasteiger partial charge in [-0.05, 0) is 13.8 Å². The van der Waals surface area contributed by atoms with Crippen molar-refractivity contribution in [3.63, 3.8) is 0 Å². The van der Waals surface area contributed by atoms with Crippen molar-refractivity contribution in [2.45, 2.75) is 51.1 Å². The van der Waals surface area contributed by atoms with Crippen molar-refractivity contribution >= 4 is 0 Å². The quantitative estimate of drug-likeness (QED) is 0.680. The molecule has 0 amide bonds. The summed E-state index contributed by atoms with van der Waals surface area (Å²) in [7, 11) is 3.31. The third kappa shape index (κ3) is 2.63. The van der Waals surface area contributed by atoms with Gasteiger partial charge in [-0.25, -0.2) is 4.90 Å². The summed E-state index contributed by atoms with van der Waals surface area (Å²) in [5.41, 5.74) is 0. The molecule has 2 unspecified atom stereocenters. The number of hydrogen-bond donors (Lipinski definition) is 0. The van der Waals surface area contributed by atoms with E-state index in [1.807, 2.05) is 0 Å². The Balaban J connectivity index is 1.96. The molecule has 2 heterocycles. The molecule has 17 heavy (non-hydrogen) atoms. The van der Waals surface area contributed by atoms with Gasteiger partial charge in [-0.2, -0.15) is 0 Å². The predicted octanol–water partition coefficient (Wildman–Crippen LogP) is 1.18. The van der Waals surface area contributed by atoms with Gasteiger partial charge in [0.1, 0.15) is 0 Å². The molecule has 0 bridgehead atoms. The van der Waals surface area contributed by atoms with Crippen LogP contribution in [-0.2, 0) is 18.9 Å². The number of hydrogen-bond acceptors (Lipinski definition) is 5. The maximum absolute atomic E-state index is 5.98. The molecule has 0 aromatic carbocycles. The van der Waals surface area contributed by atoms with Gasteiger partial charge in [0.05, 0.1) is 12.2 Å². The molecule has 5 nitrogen and oxygen atoms in total. The molecule has 0 spiro atoms. The van der Waals surface area contributed by atoms with Gasteiger partial charge in [0.2, 0.25) is 5.91 Å². The van der Waals surface area contributed by atoms with Crippen molar-refractivity contribution < 1.29 is 18.9 Å². The number of fused-ring (bicyclic) bond motifs is 1. The van der Waals surface area contributed by atoms with E-state index in [4.69, 9.17) is 18.9 Å². The first-order valence-electron chi connectivity index (χ1n) is 6.26. The minimum absolute atomic E-state index is 0.190. The van der Waals surface area contributed by atoms with Crippen molar-refractivity contribution in [3.8, 4) is 0 Å². The van der Waals surface area contributed by atoms with Crippen molar-refractivity contribution in [2.24, 2.45) is 0 Å². The first-order chi connectivity index (χ1) is 8.09. The highest BCUT2D eigenvalue weighted by atomic mass is 16.7. The van der Waals surface area contributed by atoms with Crippen LogP contribution in [0, 0.1) is 0 Å². The van der Waals surface area contributed by atoms with E-state index in [2.05, 4.69) is 18.7 Å². The molecule has 0 aromatic rings. The van der Waals surface area contributed by atoms with Gasteiger partial charge in [0.25, 0.3) is 0 Å². The van der Waals surface area contributed by atoms with Crippen molar-refractivity contribution in [3.05, 3.63) is 0 Å². The maximum atomic E-state index is 5.98. The van der Waals surface area contributed by atoms with E-state index >= 15 is 0 Å². The topological polar surface area (TPSA) is 40.2 Å². The fourth-order valence-electron chi connectivity index (χ4n) is 2.76. The van der Waals surface area contributed by atoms with Crippen LogP contribution in [-0.4, -0.2) is 56.6 Å². The number of ether oxygens (including phenoxy) is 4. The molecule has 5 heteroatoms. The van der Waals surface area contributed by atoms with Crippen molar-refractivity contribution in [1.29, 1.82) is 0 Å². The Labute approximate surface area is 103 Å². The minimum atomic E-state index is -0.547. The lowest BCUT2D eigenvalue weighted by Gasteiger charge is -2.30. The van der Waals surface area contributed by atoms with Crippen LogP contribution in [0.5, 0.6) is 0 Å². The van der Waals surface area contributed by atoms with E-state index in [-0.39, 0.29) is 18.5 Å². The molecule has 2 aliphatic heterocycles. The highest BCUT2D eigenvalue weighted by molar-refractivity contribution is 4.89. The highest BCUT2D eigenvalue weighted by Gasteiger charge is 2.52. The standard InChI is InChI=1S/C12H23NO4/c1-9-7-13-8-10(2)17-12(13,16-9)6-5-11(14-3)15-4/h9-11H,5-8H2,1-4H3. The van der Waals surface area contributed by atoms with E-state index < -0.39 is 5.91 Å². The van der Waals surface area contributed by atoms with Gasteiger partial charge in [0.15, 0.2) is 6.29 Å². The van der Waals surface area contributed by atoms with Gasteiger partial charge in [-0.15, -0.1) is 0 Å². The summed E-state index contributed by atoms with van der Waals surface area (Å²) in [6.45, 7) is 6.04. The summed E-state index contributed by atoms with van der Waals surface area (Å²) < 4.78 is 22.4. The zero-order valence-corrected chi connectivity index (χ0v) is 11.1. The van der Waals surface area contributed by atoms with Gasteiger partial charge < -0.3 is 18.9 Å². The minimum Gasteiger partial charge on any atom is -0.356 e. The third-order valence-electron chi connectivity index (χ3n) is 3.43. The molecule has 2 rings (SSSR count). The van der Waals surface area contributed by atoms with E-state index in [1.54, 1.807) is 14.2 Å². The average molecular weight is 245 g/mol. The molecule has 0 aliphatic carbocycles. The molecule has 0 saturated carbocycles. The van der Waals surface area contributed by atoms with Gasteiger partial charge >= 0.3 is 0 Å². The van der Waals surface area contributed by atoms with Crippen LogP contribution in [0.3, 0.4) is 0 Å². The Kier molecular flexibility index (Phi) is 4.05. The molecular weight excluding hydrogens is 222 g/mol. The molecule has 0 radical (unpaired) electrons.